The number of aromatic nitrogens is 15. The van der Waals surface area contributed by atoms with Crippen LogP contribution in [-0.2, 0) is 0 Å². The Morgan fingerprint density at radius 1 is 0.440 bits per heavy atom. The van der Waals surface area contributed by atoms with E-state index in [1.165, 1.54) is 44.6 Å². The smallest absolute Gasteiger partial charge is 0.266 e. The van der Waals surface area contributed by atoms with Gasteiger partial charge in [0.1, 0.15) is 65.1 Å². The molecule has 3 aliphatic rings. The number of rotatable bonds is 28. The fourth-order valence-corrected chi connectivity index (χ4v) is 13.0. The predicted octanol–water partition coefficient (Wildman–Crippen LogP) is 8.03. The highest BCUT2D eigenvalue weighted by Crippen LogP contribution is 2.35. The van der Waals surface area contributed by atoms with E-state index in [2.05, 4.69) is 125 Å². The average Bonchev–Trinajstić information content (AvgIpc) is 1.53. The minimum Gasteiger partial charge on any atom is -0.494 e. The monoisotopic (exact) mass is 1510 g/mol. The van der Waals surface area contributed by atoms with Crippen molar-refractivity contribution in [3.63, 3.8) is 0 Å². The number of nitrogens with two attached hydrogens (primary N) is 3. The maximum absolute atomic E-state index is 14.6. The lowest BCUT2D eigenvalue weighted by molar-refractivity contribution is 0.262. The van der Waals surface area contributed by atoms with E-state index in [-0.39, 0.29) is 23.7 Å². The van der Waals surface area contributed by atoms with Crippen molar-refractivity contribution in [3.8, 4) is 58.1 Å². The van der Waals surface area contributed by atoms with Crippen molar-refractivity contribution in [2.75, 3.05) is 212 Å². The van der Waals surface area contributed by atoms with Crippen LogP contribution in [0.3, 0.4) is 0 Å². The van der Waals surface area contributed by atoms with E-state index in [9.17, 15) is 4.39 Å². The summed E-state index contributed by atoms with van der Waals surface area (Å²) >= 11 is 6.55. The number of methoxy groups -OCH3 is 1. The van der Waals surface area contributed by atoms with Crippen LogP contribution in [0.15, 0.2) is 123 Å². The number of hydrogen-bond acceptors (Lipinski definition) is 31. The molecule has 109 heavy (non-hydrogen) atoms. The molecule has 0 saturated carbocycles. The molecular formula is C73H93ClFN27O7. The lowest BCUT2D eigenvalue weighted by Gasteiger charge is -2.37. The van der Waals surface area contributed by atoms with Crippen LogP contribution >= 0.6 is 11.6 Å². The Morgan fingerprint density at radius 3 is 1.12 bits per heavy atom. The molecule has 3 fully saturated rings. The number of hydrogen-bond donors (Lipinski definition) is 3. The number of oxazole rings is 3. The van der Waals surface area contributed by atoms with E-state index in [0.29, 0.717) is 89.2 Å². The van der Waals surface area contributed by atoms with E-state index in [4.69, 9.17) is 61.0 Å². The molecule has 36 heteroatoms. The molecule has 3 saturated heterocycles. The van der Waals surface area contributed by atoms with Crippen LogP contribution in [0, 0.1) is 5.82 Å². The van der Waals surface area contributed by atoms with Crippen LogP contribution in [0.1, 0.15) is 40.0 Å². The SMILES string of the molecule is CCCOc1ccc(N2CCN(CCN(C)c3cc4nc(-c5ncco5)nn4c(N)n3)CC2)c(Cl)c1.CCCOc1ccc(N2CCN(CCN(C)c3cc4nc(-c5ncco5)nn4c(N)n3)CC2)c(F)c1.CCCOc1ccc(N2CCN(CCN(C)c3cc4nc(-c5ncco5)nn4c(N)n3)CC2)c(OC)c1. The first-order valence-corrected chi connectivity index (χ1v) is 37.0. The molecule has 6 N–H and O–H groups in total. The van der Waals surface area contributed by atoms with Crippen LogP contribution in [0.2, 0.25) is 5.02 Å². The van der Waals surface area contributed by atoms with Gasteiger partial charge in [0.05, 0.1) is 67.6 Å². The lowest BCUT2D eigenvalue weighted by atomic mass is 10.2. The Hall–Kier alpha value is -11.6. The van der Waals surface area contributed by atoms with Gasteiger partial charge in [-0.2, -0.15) is 28.5 Å². The molecule has 0 unspecified atom stereocenters. The molecule has 0 aliphatic carbocycles. The van der Waals surface area contributed by atoms with Crippen LogP contribution in [-0.4, -0.2) is 254 Å². The topological polar surface area (TPSA) is 351 Å². The summed E-state index contributed by atoms with van der Waals surface area (Å²) in [4.78, 5) is 59.5. The van der Waals surface area contributed by atoms with Gasteiger partial charge in [-0.25, -0.2) is 34.3 Å². The molecule has 34 nitrogen and oxygen atoms in total. The second-order valence-corrected chi connectivity index (χ2v) is 26.8. The first-order chi connectivity index (χ1) is 53.1. The molecule has 15 rings (SSSR count). The van der Waals surface area contributed by atoms with Gasteiger partial charge in [-0.1, -0.05) is 32.4 Å². The number of nitrogens with zero attached hydrogens (tertiary/aromatic N) is 24. The summed E-state index contributed by atoms with van der Waals surface area (Å²) in [5.74, 6) is 7.90. The molecule has 0 radical (unpaired) electrons. The molecule has 0 bridgehead atoms. The third-order valence-corrected chi connectivity index (χ3v) is 19.2. The minimum absolute atomic E-state index is 0.237. The molecule has 12 heterocycles. The number of likely N-dealkylation sites (N-methyl/N-ethyl adjacent to an activating group) is 3. The fraction of sp³-hybridized carbons (Fsp3) is 0.425. The van der Waals surface area contributed by atoms with Gasteiger partial charge in [-0.15, -0.1) is 15.3 Å². The van der Waals surface area contributed by atoms with Crippen LogP contribution in [0.4, 0.5) is 56.8 Å². The Bertz CT molecular complexity index is 4690. The van der Waals surface area contributed by atoms with Gasteiger partial charge in [0, 0.05) is 175 Å². The predicted molar refractivity (Wildman–Crippen MR) is 416 cm³/mol. The van der Waals surface area contributed by atoms with E-state index < -0.39 is 0 Å². The van der Waals surface area contributed by atoms with E-state index in [1.807, 2.05) is 87.6 Å². The van der Waals surface area contributed by atoms with Crippen molar-refractivity contribution in [2.45, 2.75) is 40.0 Å². The van der Waals surface area contributed by atoms with Gasteiger partial charge in [-0.3, -0.25) is 14.7 Å². The number of ether oxygens (including phenoxy) is 4. The quantitative estimate of drug-likeness (QED) is 0.0417. The van der Waals surface area contributed by atoms with Crippen molar-refractivity contribution in [1.82, 2.24) is 88.4 Å². The third kappa shape index (κ3) is 18.5. The van der Waals surface area contributed by atoms with E-state index in [0.717, 1.165) is 182 Å². The first-order valence-electron chi connectivity index (χ1n) is 36.6. The zero-order valence-electron chi connectivity index (χ0n) is 62.4. The Balaban J connectivity index is 0.000000144. The zero-order chi connectivity index (χ0) is 75.9. The summed E-state index contributed by atoms with van der Waals surface area (Å²) in [6.07, 6.45) is 11.9. The van der Waals surface area contributed by atoms with Crippen molar-refractivity contribution in [1.29, 1.82) is 0 Å². The molecule has 576 valence electrons. The molecule has 3 aliphatic heterocycles. The number of piperazine rings is 3. The standard InChI is InChI=1S/C25H33N9O3.C24H30ClN9O2.C24H30FN9O2/c1-4-14-36-18-5-6-19(20(16-18)35-3)33-12-10-32(11-13-33)9-8-31(2)21-17-22-28-23(24-27-7-15-37-24)30-34(22)25(26)29-21;2*1-3-13-35-17-4-5-19(18(25)15-17)33-11-9-32(10-12-33)8-7-31(2)20-16-21-28-22(23-27-6-14-36-23)30-34(21)24(26)29-20/h5-7,15-17H,4,8-14H2,1-3H3,(H2,26,29);2*4-6,14-16H,3,7-13H2,1-2H3,(H2,26,29). The summed E-state index contributed by atoms with van der Waals surface area (Å²) in [5.41, 5.74) is 23.0. The van der Waals surface area contributed by atoms with Gasteiger partial charge in [0.15, 0.2) is 16.9 Å². The number of fused-ring (bicyclic) bond motifs is 3. The summed E-state index contributed by atoms with van der Waals surface area (Å²) in [6, 6.07) is 22.8. The maximum Gasteiger partial charge on any atom is 0.266 e. The summed E-state index contributed by atoms with van der Waals surface area (Å²) in [7, 11) is 7.69. The van der Waals surface area contributed by atoms with Crippen molar-refractivity contribution in [3.05, 3.63) is 121 Å². The van der Waals surface area contributed by atoms with Gasteiger partial charge in [-0.05, 0) is 55.7 Å². The number of nitrogen functional groups attached to an aromatic ring is 3. The second-order valence-electron chi connectivity index (χ2n) is 26.4. The van der Waals surface area contributed by atoms with Crippen LogP contribution < -0.4 is 65.5 Å². The number of anilines is 9. The maximum atomic E-state index is 14.6. The summed E-state index contributed by atoms with van der Waals surface area (Å²) in [6.45, 7) is 23.9. The van der Waals surface area contributed by atoms with Gasteiger partial charge < -0.3 is 78.8 Å². The Morgan fingerprint density at radius 2 is 0.780 bits per heavy atom. The first kappa shape index (κ1) is 75.7. The largest absolute Gasteiger partial charge is 0.494 e. The van der Waals surface area contributed by atoms with E-state index in [1.54, 1.807) is 19.5 Å². The average molecular weight is 1520 g/mol. The summed E-state index contributed by atoms with van der Waals surface area (Å²) in [5, 5.41) is 13.8. The third-order valence-electron chi connectivity index (χ3n) is 18.9. The summed E-state index contributed by atoms with van der Waals surface area (Å²) < 4.78 is 57.6. The molecule has 12 aromatic rings. The molecule has 9 aromatic heterocycles. The van der Waals surface area contributed by atoms with Gasteiger partial charge >= 0.3 is 0 Å². The van der Waals surface area contributed by atoms with Gasteiger partial charge in [0.25, 0.3) is 17.7 Å². The molecule has 3 aromatic carbocycles. The highest BCUT2D eigenvalue weighted by molar-refractivity contribution is 6.33. The van der Waals surface area contributed by atoms with Gasteiger partial charge in [0.2, 0.25) is 35.3 Å². The van der Waals surface area contributed by atoms with Crippen LogP contribution in [0.25, 0.3) is 52.1 Å². The number of halogens is 2. The van der Waals surface area contributed by atoms with E-state index >= 15 is 0 Å². The molecular weight excluding hydrogens is 1420 g/mol. The Labute approximate surface area is 634 Å². The van der Waals surface area contributed by atoms with Crippen molar-refractivity contribution < 1.29 is 36.6 Å². The normalized spacial score (nSPS) is 14.4. The molecule has 0 spiro atoms. The lowest BCUT2D eigenvalue weighted by Crippen LogP contribution is -2.48. The van der Waals surface area contributed by atoms with Crippen molar-refractivity contribution >= 4 is 80.9 Å². The number of benzene rings is 3. The van der Waals surface area contributed by atoms with Crippen molar-refractivity contribution in [2.24, 2.45) is 0 Å². The highest BCUT2D eigenvalue weighted by atomic mass is 35.5. The Kier molecular flexibility index (Phi) is 24.6. The second kappa shape index (κ2) is 35.4. The molecule has 0 atom stereocenters. The molecule has 0 amide bonds. The minimum atomic E-state index is -0.240. The fourth-order valence-electron chi connectivity index (χ4n) is 12.7. The van der Waals surface area contributed by atoms with Crippen LogP contribution in [0.5, 0.6) is 23.0 Å². The highest BCUT2D eigenvalue weighted by Gasteiger charge is 2.26. The zero-order valence-corrected chi connectivity index (χ0v) is 63.2.